The van der Waals surface area contributed by atoms with Gasteiger partial charge < -0.3 is 9.30 Å². The van der Waals surface area contributed by atoms with Crippen LogP contribution in [0.25, 0.3) is 16.9 Å². The second-order valence-electron chi connectivity index (χ2n) is 4.65. The van der Waals surface area contributed by atoms with Gasteiger partial charge in [-0.1, -0.05) is 18.2 Å². The van der Waals surface area contributed by atoms with Crippen LogP contribution in [0.1, 0.15) is 0 Å². The molecule has 0 bridgehead atoms. The van der Waals surface area contributed by atoms with Crippen molar-refractivity contribution in [2.24, 2.45) is 0 Å². The Morgan fingerprint density at radius 1 is 1.05 bits per heavy atom. The summed E-state index contributed by atoms with van der Waals surface area (Å²) in [7, 11) is 4.11. The third-order valence-corrected chi connectivity index (χ3v) is 3.71. The summed E-state index contributed by atoms with van der Waals surface area (Å²) in [6, 6.07) is 12.5. The summed E-state index contributed by atoms with van der Waals surface area (Å²) in [4.78, 5) is 6.81. The lowest BCUT2D eigenvalue weighted by atomic mass is 10.1. The third kappa shape index (κ3) is 2.32. The molecule has 0 saturated carbocycles. The topological polar surface area (TPSA) is 20.5 Å². The summed E-state index contributed by atoms with van der Waals surface area (Å²) in [5, 5.41) is 0. The number of aromatic nitrogens is 2. The SMILES string of the molecule is CN(C)c1ccccc1-c1cn2cc(I)ccc2n1. The van der Waals surface area contributed by atoms with Crippen LogP contribution >= 0.6 is 22.6 Å². The Labute approximate surface area is 126 Å². The summed E-state index contributed by atoms with van der Waals surface area (Å²) in [5.74, 6) is 0. The normalized spacial score (nSPS) is 10.9. The first-order valence-electron chi connectivity index (χ1n) is 6.06. The number of imidazole rings is 1. The van der Waals surface area contributed by atoms with E-state index < -0.39 is 0 Å². The molecule has 96 valence electrons. The van der Waals surface area contributed by atoms with Gasteiger partial charge in [-0.05, 0) is 40.8 Å². The number of hydrogen-bond acceptors (Lipinski definition) is 2. The highest BCUT2D eigenvalue weighted by molar-refractivity contribution is 14.1. The van der Waals surface area contributed by atoms with E-state index in [0.29, 0.717) is 0 Å². The molecule has 0 atom stereocenters. The minimum absolute atomic E-state index is 0.976. The van der Waals surface area contributed by atoms with E-state index in [9.17, 15) is 0 Å². The summed E-state index contributed by atoms with van der Waals surface area (Å²) >= 11 is 2.31. The van der Waals surface area contributed by atoms with Crippen LogP contribution in [0.5, 0.6) is 0 Å². The summed E-state index contributed by atoms with van der Waals surface area (Å²) in [6.45, 7) is 0. The molecule has 0 saturated heterocycles. The molecule has 0 radical (unpaired) electrons. The highest BCUT2D eigenvalue weighted by atomic mass is 127. The van der Waals surface area contributed by atoms with Gasteiger partial charge in [0.25, 0.3) is 0 Å². The van der Waals surface area contributed by atoms with Gasteiger partial charge in [0.2, 0.25) is 0 Å². The van der Waals surface area contributed by atoms with Crippen molar-refractivity contribution < 1.29 is 0 Å². The van der Waals surface area contributed by atoms with Crippen molar-refractivity contribution in [3.05, 3.63) is 52.4 Å². The van der Waals surface area contributed by atoms with E-state index >= 15 is 0 Å². The Hall–Kier alpha value is -1.56. The van der Waals surface area contributed by atoms with E-state index in [1.54, 1.807) is 0 Å². The van der Waals surface area contributed by atoms with E-state index in [2.05, 4.69) is 88.7 Å². The Morgan fingerprint density at radius 2 is 1.84 bits per heavy atom. The van der Waals surface area contributed by atoms with Gasteiger partial charge in [0.15, 0.2) is 0 Å². The van der Waals surface area contributed by atoms with E-state index in [-0.39, 0.29) is 0 Å². The Kier molecular flexibility index (Phi) is 3.18. The van der Waals surface area contributed by atoms with Crippen LogP contribution in [0.2, 0.25) is 0 Å². The van der Waals surface area contributed by atoms with E-state index in [1.807, 2.05) is 6.07 Å². The van der Waals surface area contributed by atoms with Crippen LogP contribution in [-0.2, 0) is 0 Å². The second-order valence-corrected chi connectivity index (χ2v) is 5.90. The molecule has 4 heteroatoms. The summed E-state index contributed by atoms with van der Waals surface area (Å²) in [5.41, 5.74) is 4.32. The molecular weight excluding hydrogens is 349 g/mol. The molecule has 0 unspecified atom stereocenters. The molecule has 0 aliphatic carbocycles. The van der Waals surface area contributed by atoms with E-state index in [4.69, 9.17) is 4.98 Å². The zero-order valence-electron chi connectivity index (χ0n) is 10.8. The van der Waals surface area contributed by atoms with Gasteiger partial charge in [0.05, 0.1) is 5.69 Å². The van der Waals surface area contributed by atoms with Gasteiger partial charge in [-0.25, -0.2) is 4.98 Å². The minimum Gasteiger partial charge on any atom is -0.377 e. The van der Waals surface area contributed by atoms with Crippen LogP contribution in [-0.4, -0.2) is 23.5 Å². The van der Waals surface area contributed by atoms with Crippen molar-refractivity contribution in [2.75, 3.05) is 19.0 Å². The zero-order valence-corrected chi connectivity index (χ0v) is 13.0. The number of para-hydroxylation sites is 1. The maximum absolute atomic E-state index is 4.70. The number of hydrogen-bond donors (Lipinski definition) is 0. The summed E-state index contributed by atoms with van der Waals surface area (Å²) < 4.78 is 3.28. The Balaban J connectivity index is 2.19. The lowest BCUT2D eigenvalue weighted by molar-refractivity contribution is 1.13. The van der Waals surface area contributed by atoms with Crippen LogP contribution in [0.4, 0.5) is 5.69 Å². The van der Waals surface area contributed by atoms with Crippen molar-refractivity contribution in [3.8, 4) is 11.3 Å². The lowest BCUT2D eigenvalue weighted by Crippen LogP contribution is -2.09. The van der Waals surface area contributed by atoms with Crippen LogP contribution in [0.15, 0.2) is 48.8 Å². The number of benzene rings is 1. The standard InChI is InChI=1S/C15H14IN3/c1-18(2)14-6-4-3-5-12(14)13-10-19-9-11(16)7-8-15(19)17-13/h3-10H,1-2H3. The number of anilines is 1. The molecule has 0 N–H and O–H groups in total. The number of pyridine rings is 1. The molecule has 0 spiro atoms. The van der Waals surface area contributed by atoms with Crippen molar-refractivity contribution in [3.63, 3.8) is 0 Å². The predicted molar refractivity (Wildman–Crippen MR) is 87.7 cm³/mol. The molecule has 1 aromatic carbocycles. The number of halogens is 1. The molecule has 0 fully saturated rings. The number of fused-ring (bicyclic) bond motifs is 1. The molecule has 3 aromatic rings. The fraction of sp³-hybridized carbons (Fsp3) is 0.133. The molecule has 3 rings (SSSR count). The lowest BCUT2D eigenvalue weighted by Gasteiger charge is -2.15. The first kappa shape index (κ1) is 12.5. The molecule has 0 amide bonds. The quantitative estimate of drug-likeness (QED) is 0.648. The Bertz CT molecular complexity index is 731. The maximum atomic E-state index is 4.70. The summed E-state index contributed by atoms with van der Waals surface area (Å²) in [6.07, 6.45) is 4.17. The van der Waals surface area contributed by atoms with Crippen LogP contribution < -0.4 is 4.90 Å². The van der Waals surface area contributed by atoms with Crippen molar-refractivity contribution in [1.82, 2.24) is 9.38 Å². The first-order valence-corrected chi connectivity index (χ1v) is 7.14. The van der Waals surface area contributed by atoms with Gasteiger partial charge >= 0.3 is 0 Å². The van der Waals surface area contributed by atoms with E-state index in [1.165, 1.54) is 9.26 Å². The zero-order chi connectivity index (χ0) is 13.4. The molecule has 2 aromatic heterocycles. The van der Waals surface area contributed by atoms with E-state index in [0.717, 1.165) is 16.9 Å². The highest BCUT2D eigenvalue weighted by Gasteiger charge is 2.10. The smallest absolute Gasteiger partial charge is 0.137 e. The molecule has 19 heavy (non-hydrogen) atoms. The van der Waals surface area contributed by atoms with Crippen LogP contribution in [0.3, 0.4) is 0 Å². The van der Waals surface area contributed by atoms with Gasteiger partial charge in [0, 0.05) is 41.3 Å². The van der Waals surface area contributed by atoms with Crippen molar-refractivity contribution in [1.29, 1.82) is 0 Å². The fourth-order valence-electron chi connectivity index (χ4n) is 2.17. The average Bonchev–Trinajstić information content (AvgIpc) is 2.81. The second kappa shape index (κ2) is 4.85. The molecular formula is C15H14IN3. The average molecular weight is 363 g/mol. The van der Waals surface area contributed by atoms with Gasteiger partial charge in [-0.2, -0.15) is 0 Å². The first-order chi connectivity index (χ1) is 9.15. The van der Waals surface area contributed by atoms with Gasteiger partial charge in [-0.15, -0.1) is 0 Å². The fourth-order valence-corrected chi connectivity index (χ4v) is 2.65. The largest absolute Gasteiger partial charge is 0.377 e. The number of rotatable bonds is 2. The molecule has 0 aliphatic rings. The van der Waals surface area contributed by atoms with Crippen molar-refractivity contribution in [2.45, 2.75) is 0 Å². The predicted octanol–water partition coefficient (Wildman–Crippen LogP) is 3.67. The van der Waals surface area contributed by atoms with Gasteiger partial charge in [-0.3, -0.25) is 0 Å². The van der Waals surface area contributed by atoms with Crippen molar-refractivity contribution >= 4 is 33.9 Å². The monoisotopic (exact) mass is 363 g/mol. The minimum atomic E-state index is 0.976. The number of nitrogens with zero attached hydrogens (tertiary/aromatic N) is 3. The third-order valence-electron chi connectivity index (χ3n) is 3.08. The maximum Gasteiger partial charge on any atom is 0.137 e. The highest BCUT2D eigenvalue weighted by Crippen LogP contribution is 2.29. The molecule has 0 aliphatic heterocycles. The van der Waals surface area contributed by atoms with Gasteiger partial charge in [0.1, 0.15) is 5.65 Å². The Morgan fingerprint density at radius 3 is 2.63 bits per heavy atom. The molecule has 2 heterocycles. The molecule has 3 nitrogen and oxygen atoms in total. The van der Waals surface area contributed by atoms with Crippen LogP contribution in [0, 0.1) is 3.57 Å².